The number of aryl methyl sites for hydroxylation is 1. The van der Waals surface area contributed by atoms with E-state index in [1.165, 1.54) is 0 Å². The van der Waals surface area contributed by atoms with Crippen molar-refractivity contribution < 1.29 is 9.53 Å². The van der Waals surface area contributed by atoms with Crippen LogP contribution in [0.1, 0.15) is 49.7 Å². The van der Waals surface area contributed by atoms with E-state index >= 15 is 0 Å². The van der Waals surface area contributed by atoms with Gasteiger partial charge in [0, 0.05) is 11.1 Å². The van der Waals surface area contributed by atoms with Gasteiger partial charge in [-0.1, -0.05) is 19.9 Å². The maximum Gasteiger partial charge on any atom is 0.338 e. The van der Waals surface area contributed by atoms with E-state index < -0.39 is 0 Å². The quantitative estimate of drug-likeness (QED) is 0.758. The Morgan fingerprint density at radius 1 is 1.14 bits per heavy atom. The molecule has 0 bridgehead atoms. The average Bonchev–Trinajstić information content (AvgIpc) is 2.44. The summed E-state index contributed by atoms with van der Waals surface area (Å²) in [5.41, 5.74) is 2.46. The SMILES string of the molecule is Cc1ccc2cc(C(=O)OC(C)CCC(C)C)ccc2n1. The van der Waals surface area contributed by atoms with Gasteiger partial charge in [-0.3, -0.25) is 4.98 Å². The number of hydrogen-bond donors (Lipinski definition) is 0. The monoisotopic (exact) mass is 285 g/mol. The normalized spacial score (nSPS) is 12.6. The third-order valence-corrected chi connectivity index (χ3v) is 3.52. The second kappa shape index (κ2) is 6.70. The van der Waals surface area contributed by atoms with Crippen LogP contribution < -0.4 is 0 Å². The molecule has 0 N–H and O–H groups in total. The number of rotatable bonds is 5. The molecule has 0 spiro atoms. The van der Waals surface area contributed by atoms with E-state index in [1.54, 1.807) is 6.07 Å². The zero-order chi connectivity index (χ0) is 15.4. The molecule has 112 valence electrons. The number of esters is 1. The van der Waals surface area contributed by atoms with Crippen LogP contribution in [0.25, 0.3) is 10.9 Å². The molecule has 0 saturated heterocycles. The number of carbonyl (C=O) groups is 1. The summed E-state index contributed by atoms with van der Waals surface area (Å²) >= 11 is 0. The Labute approximate surface area is 126 Å². The number of benzene rings is 1. The Morgan fingerprint density at radius 3 is 2.62 bits per heavy atom. The fourth-order valence-electron chi connectivity index (χ4n) is 2.23. The van der Waals surface area contributed by atoms with Crippen LogP contribution in [0.15, 0.2) is 30.3 Å². The fraction of sp³-hybridized carbons (Fsp3) is 0.444. The van der Waals surface area contributed by atoms with Crippen molar-refractivity contribution in [1.82, 2.24) is 4.98 Å². The number of nitrogens with zero attached hydrogens (tertiary/aromatic N) is 1. The lowest BCUT2D eigenvalue weighted by Gasteiger charge is -2.14. The van der Waals surface area contributed by atoms with Gasteiger partial charge in [-0.25, -0.2) is 4.79 Å². The molecule has 0 saturated carbocycles. The predicted molar refractivity (Wildman–Crippen MR) is 85.4 cm³/mol. The predicted octanol–water partition coefficient (Wildman–Crippen LogP) is 4.52. The maximum atomic E-state index is 12.2. The van der Waals surface area contributed by atoms with E-state index in [1.807, 2.05) is 38.1 Å². The molecule has 3 nitrogen and oxygen atoms in total. The molecular formula is C18H23NO2. The van der Waals surface area contributed by atoms with Crippen molar-refractivity contribution in [3.05, 3.63) is 41.6 Å². The number of ether oxygens (including phenoxy) is 1. The second-order valence-corrected chi connectivity index (χ2v) is 6.05. The summed E-state index contributed by atoms with van der Waals surface area (Å²) in [6, 6.07) is 9.43. The average molecular weight is 285 g/mol. The molecule has 1 heterocycles. The number of hydrogen-bond acceptors (Lipinski definition) is 3. The topological polar surface area (TPSA) is 39.2 Å². The Balaban J connectivity index is 2.07. The maximum absolute atomic E-state index is 12.2. The van der Waals surface area contributed by atoms with E-state index in [4.69, 9.17) is 4.74 Å². The zero-order valence-corrected chi connectivity index (χ0v) is 13.2. The second-order valence-electron chi connectivity index (χ2n) is 6.05. The highest BCUT2D eigenvalue weighted by Crippen LogP contribution is 2.17. The van der Waals surface area contributed by atoms with E-state index in [2.05, 4.69) is 18.8 Å². The molecule has 0 aliphatic heterocycles. The van der Waals surface area contributed by atoms with Crippen LogP contribution in [0.4, 0.5) is 0 Å². The minimum absolute atomic E-state index is 0.0493. The van der Waals surface area contributed by atoms with Crippen LogP contribution in [0, 0.1) is 12.8 Å². The van der Waals surface area contributed by atoms with Crippen molar-refractivity contribution >= 4 is 16.9 Å². The van der Waals surface area contributed by atoms with Gasteiger partial charge in [0.1, 0.15) is 0 Å². The molecule has 1 atom stereocenters. The van der Waals surface area contributed by atoms with E-state index in [-0.39, 0.29) is 12.1 Å². The molecule has 1 unspecified atom stereocenters. The first-order chi connectivity index (χ1) is 9.95. The third kappa shape index (κ3) is 4.28. The largest absolute Gasteiger partial charge is 0.459 e. The third-order valence-electron chi connectivity index (χ3n) is 3.52. The van der Waals surface area contributed by atoms with Gasteiger partial charge in [0.15, 0.2) is 0 Å². The first-order valence-electron chi connectivity index (χ1n) is 7.54. The Kier molecular flexibility index (Phi) is 4.94. The van der Waals surface area contributed by atoms with Gasteiger partial charge in [0.2, 0.25) is 0 Å². The summed E-state index contributed by atoms with van der Waals surface area (Å²) in [7, 11) is 0. The minimum atomic E-state index is -0.256. The molecule has 0 aliphatic carbocycles. The Bertz CT molecular complexity index is 634. The fourth-order valence-corrected chi connectivity index (χ4v) is 2.23. The Morgan fingerprint density at radius 2 is 1.90 bits per heavy atom. The molecule has 2 rings (SSSR count). The lowest BCUT2D eigenvalue weighted by atomic mass is 10.1. The van der Waals surface area contributed by atoms with Gasteiger partial charge >= 0.3 is 5.97 Å². The first-order valence-corrected chi connectivity index (χ1v) is 7.54. The van der Waals surface area contributed by atoms with Crippen LogP contribution in [0.5, 0.6) is 0 Å². The van der Waals surface area contributed by atoms with Crippen molar-refractivity contribution in [1.29, 1.82) is 0 Å². The smallest absolute Gasteiger partial charge is 0.338 e. The lowest BCUT2D eigenvalue weighted by Crippen LogP contribution is -2.15. The van der Waals surface area contributed by atoms with E-state index in [0.29, 0.717) is 11.5 Å². The van der Waals surface area contributed by atoms with Crippen LogP contribution in [-0.4, -0.2) is 17.1 Å². The van der Waals surface area contributed by atoms with Gasteiger partial charge in [-0.15, -0.1) is 0 Å². The number of aromatic nitrogens is 1. The molecule has 0 fully saturated rings. The van der Waals surface area contributed by atoms with Gasteiger partial charge in [0.05, 0.1) is 17.2 Å². The molecule has 0 amide bonds. The van der Waals surface area contributed by atoms with Crippen molar-refractivity contribution in [3.63, 3.8) is 0 Å². The molecule has 0 aliphatic rings. The van der Waals surface area contributed by atoms with Crippen molar-refractivity contribution in [2.24, 2.45) is 5.92 Å². The van der Waals surface area contributed by atoms with Crippen molar-refractivity contribution in [3.8, 4) is 0 Å². The summed E-state index contributed by atoms with van der Waals surface area (Å²) in [5.74, 6) is 0.370. The molecular weight excluding hydrogens is 262 g/mol. The minimum Gasteiger partial charge on any atom is -0.459 e. The van der Waals surface area contributed by atoms with Crippen molar-refractivity contribution in [2.45, 2.75) is 46.6 Å². The highest BCUT2D eigenvalue weighted by molar-refractivity contribution is 5.94. The zero-order valence-electron chi connectivity index (χ0n) is 13.2. The van der Waals surface area contributed by atoms with Crippen LogP contribution in [0.3, 0.4) is 0 Å². The van der Waals surface area contributed by atoms with Crippen LogP contribution in [0.2, 0.25) is 0 Å². The summed E-state index contributed by atoms with van der Waals surface area (Å²) in [5, 5.41) is 0.963. The summed E-state index contributed by atoms with van der Waals surface area (Å²) in [4.78, 5) is 16.6. The molecule has 1 aromatic heterocycles. The summed E-state index contributed by atoms with van der Waals surface area (Å²) in [6.07, 6.45) is 1.92. The van der Waals surface area contributed by atoms with Crippen LogP contribution in [-0.2, 0) is 4.74 Å². The van der Waals surface area contributed by atoms with Crippen molar-refractivity contribution in [2.75, 3.05) is 0 Å². The number of fused-ring (bicyclic) bond motifs is 1. The van der Waals surface area contributed by atoms with E-state index in [9.17, 15) is 4.79 Å². The summed E-state index contributed by atoms with van der Waals surface area (Å²) in [6.45, 7) is 8.25. The summed E-state index contributed by atoms with van der Waals surface area (Å²) < 4.78 is 5.50. The van der Waals surface area contributed by atoms with Gasteiger partial charge < -0.3 is 4.74 Å². The Hall–Kier alpha value is -1.90. The standard InChI is InChI=1S/C18H23NO2/c1-12(2)5-7-14(4)21-18(20)16-9-10-17-15(11-16)8-6-13(3)19-17/h6,8-12,14H,5,7H2,1-4H3. The molecule has 0 radical (unpaired) electrons. The lowest BCUT2D eigenvalue weighted by molar-refractivity contribution is 0.0314. The number of pyridine rings is 1. The molecule has 1 aromatic carbocycles. The highest BCUT2D eigenvalue weighted by Gasteiger charge is 2.13. The molecule has 21 heavy (non-hydrogen) atoms. The highest BCUT2D eigenvalue weighted by atomic mass is 16.5. The molecule has 2 aromatic rings. The van der Waals surface area contributed by atoms with Crippen LogP contribution >= 0.6 is 0 Å². The van der Waals surface area contributed by atoms with E-state index in [0.717, 1.165) is 29.4 Å². The molecule has 3 heteroatoms. The first kappa shape index (κ1) is 15.5. The van der Waals surface area contributed by atoms with Gasteiger partial charge in [-0.05, 0) is 56.9 Å². The van der Waals surface area contributed by atoms with Gasteiger partial charge in [-0.2, -0.15) is 0 Å². The van der Waals surface area contributed by atoms with Gasteiger partial charge in [0.25, 0.3) is 0 Å². The number of carbonyl (C=O) groups excluding carboxylic acids is 1.